The van der Waals surface area contributed by atoms with Gasteiger partial charge in [0.2, 0.25) is 0 Å². The number of esters is 1. The van der Waals surface area contributed by atoms with Gasteiger partial charge in [-0.1, -0.05) is 33.8 Å². The quantitative estimate of drug-likeness (QED) is 0.181. The van der Waals surface area contributed by atoms with Crippen molar-refractivity contribution in [1.82, 2.24) is 0 Å². The smallest absolute Gasteiger partial charge is 0.306 e. The van der Waals surface area contributed by atoms with Crippen LogP contribution in [-0.2, 0) is 19.1 Å². The number of aliphatic carboxylic acids is 1. The first-order valence-corrected chi connectivity index (χ1v) is 13.1. The van der Waals surface area contributed by atoms with Crippen LogP contribution in [0.25, 0.3) is 0 Å². The number of aliphatic hydroxyl groups is 1. The van der Waals surface area contributed by atoms with Crippen LogP contribution >= 0.6 is 0 Å². The molecule has 1 aromatic rings. The number of carbonyl (C=O) groups excluding carboxylic acids is 1. The van der Waals surface area contributed by atoms with Crippen LogP contribution in [0.5, 0.6) is 11.5 Å². The molecule has 0 radical (unpaired) electrons. The maximum absolute atomic E-state index is 12.0. The Morgan fingerprint density at radius 2 is 1.59 bits per heavy atom. The van der Waals surface area contributed by atoms with Gasteiger partial charge in [0.1, 0.15) is 0 Å². The van der Waals surface area contributed by atoms with E-state index in [1.165, 1.54) is 7.11 Å². The summed E-state index contributed by atoms with van der Waals surface area (Å²) in [6, 6.07) is 4.65. The van der Waals surface area contributed by atoms with E-state index in [0.29, 0.717) is 74.9 Å². The summed E-state index contributed by atoms with van der Waals surface area (Å²) in [4.78, 5) is 23.3. The second kappa shape index (κ2) is 17.2. The van der Waals surface area contributed by atoms with Crippen LogP contribution in [0.1, 0.15) is 71.3 Å². The molecule has 0 fully saturated rings. The second-order valence-corrected chi connectivity index (χ2v) is 10.0. The molecule has 0 saturated carbocycles. The van der Waals surface area contributed by atoms with Crippen LogP contribution in [-0.4, -0.2) is 68.3 Å². The average Bonchev–Trinajstić information content (AvgIpc) is 2.86. The van der Waals surface area contributed by atoms with Crippen LogP contribution < -0.4 is 15.2 Å². The van der Waals surface area contributed by atoms with Gasteiger partial charge in [0.25, 0.3) is 0 Å². The monoisotopic (exact) mass is 525 g/mol. The standard InChI is InChI=1S/C28H47NO8/c1-18(2)19(3)16-22(29)27(31)26(20(4)28(32)33)21-11-12-23(24(17-21)37-15-9-13-34-5)36-14-8-7-10-25(30)35-6/h11-12,17-20,22,26-27,31H,7-10,13-16,29H2,1-6H3,(H,32,33)/t19-,20+,22-,26?,27+/m0/s1. The van der Waals surface area contributed by atoms with Gasteiger partial charge in [-0.25, -0.2) is 0 Å². The molecule has 5 atom stereocenters. The van der Waals surface area contributed by atoms with E-state index < -0.39 is 30.0 Å². The lowest BCUT2D eigenvalue weighted by atomic mass is 9.77. The topological polar surface area (TPSA) is 138 Å². The predicted molar refractivity (Wildman–Crippen MR) is 142 cm³/mol. The molecule has 9 heteroatoms. The first-order valence-electron chi connectivity index (χ1n) is 13.1. The highest BCUT2D eigenvalue weighted by atomic mass is 16.5. The van der Waals surface area contributed by atoms with Crippen molar-refractivity contribution in [3.63, 3.8) is 0 Å². The molecule has 1 rings (SSSR count). The molecule has 1 unspecified atom stereocenters. The molecule has 0 saturated heterocycles. The molecule has 0 aromatic heterocycles. The highest BCUT2D eigenvalue weighted by Crippen LogP contribution is 2.37. The van der Waals surface area contributed by atoms with Crippen molar-refractivity contribution in [2.75, 3.05) is 34.0 Å². The number of unbranched alkanes of at least 4 members (excludes halogenated alkanes) is 1. The molecule has 0 aliphatic rings. The van der Waals surface area contributed by atoms with E-state index in [1.807, 2.05) is 0 Å². The molecule has 4 N–H and O–H groups in total. The number of aliphatic hydroxyl groups excluding tert-OH is 1. The van der Waals surface area contributed by atoms with Crippen molar-refractivity contribution >= 4 is 11.9 Å². The Hall–Kier alpha value is -2.36. The fraction of sp³-hybridized carbons (Fsp3) is 0.714. The Balaban J connectivity index is 3.17. The summed E-state index contributed by atoms with van der Waals surface area (Å²) in [5.41, 5.74) is 7.01. The molecule has 37 heavy (non-hydrogen) atoms. The SMILES string of the molecule is COCCCOc1cc(C([C@@H](C)C(=O)O)[C@H](O)[C@@H](N)C[C@H](C)C(C)C)ccc1OCCCCC(=O)OC. The van der Waals surface area contributed by atoms with E-state index >= 15 is 0 Å². The van der Waals surface area contributed by atoms with Gasteiger partial charge in [-0.15, -0.1) is 0 Å². The third kappa shape index (κ3) is 11.3. The molecule has 0 spiro atoms. The minimum absolute atomic E-state index is 0.260. The van der Waals surface area contributed by atoms with Crippen LogP contribution in [0.4, 0.5) is 0 Å². The van der Waals surface area contributed by atoms with Gasteiger partial charge >= 0.3 is 11.9 Å². The van der Waals surface area contributed by atoms with Crippen molar-refractivity contribution in [2.45, 2.75) is 77.9 Å². The summed E-state index contributed by atoms with van der Waals surface area (Å²) in [7, 11) is 2.98. The third-order valence-corrected chi connectivity index (χ3v) is 6.88. The molecule has 0 heterocycles. The minimum atomic E-state index is -1.06. The summed E-state index contributed by atoms with van der Waals surface area (Å²) in [5.74, 6) is -1.24. The summed E-state index contributed by atoms with van der Waals surface area (Å²) in [6.45, 7) is 9.15. The van der Waals surface area contributed by atoms with Gasteiger partial charge in [-0.2, -0.15) is 0 Å². The third-order valence-electron chi connectivity index (χ3n) is 6.88. The van der Waals surface area contributed by atoms with Crippen LogP contribution in [0.15, 0.2) is 18.2 Å². The number of ether oxygens (including phenoxy) is 4. The van der Waals surface area contributed by atoms with Crippen LogP contribution in [0.2, 0.25) is 0 Å². The van der Waals surface area contributed by atoms with Crippen molar-refractivity contribution in [2.24, 2.45) is 23.5 Å². The van der Waals surface area contributed by atoms with Gasteiger partial charge in [0.05, 0.1) is 32.3 Å². The molecule has 0 aliphatic carbocycles. The van der Waals surface area contributed by atoms with E-state index in [4.69, 9.17) is 19.9 Å². The highest BCUT2D eigenvalue weighted by molar-refractivity contribution is 5.71. The largest absolute Gasteiger partial charge is 0.490 e. The number of carbonyl (C=O) groups is 2. The Kier molecular flexibility index (Phi) is 15.2. The zero-order valence-electron chi connectivity index (χ0n) is 23.3. The van der Waals surface area contributed by atoms with Crippen molar-refractivity contribution in [3.05, 3.63) is 23.8 Å². The van der Waals surface area contributed by atoms with Gasteiger partial charge < -0.3 is 34.9 Å². The molecule has 1 aromatic carbocycles. The first-order chi connectivity index (χ1) is 17.5. The minimum Gasteiger partial charge on any atom is -0.490 e. The number of rotatable bonds is 19. The summed E-state index contributed by atoms with van der Waals surface area (Å²) in [5, 5.41) is 21.0. The van der Waals surface area contributed by atoms with E-state index in [-0.39, 0.29) is 11.9 Å². The van der Waals surface area contributed by atoms with Crippen molar-refractivity contribution < 1.29 is 38.7 Å². The zero-order chi connectivity index (χ0) is 28.0. The van der Waals surface area contributed by atoms with Gasteiger partial charge in [0, 0.05) is 38.5 Å². The maximum atomic E-state index is 12.0. The fourth-order valence-corrected chi connectivity index (χ4v) is 4.05. The molecule has 9 nitrogen and oxygen atoms in total. The van der Waals surface area contributed by atoms with E-state index in [1.54, 1.807) is 32.2 Å². The number of nitrogens with two attached hydrogens (primary N) is 1. The van der Waals surface area contributed by atoms with E-state index in [0.717, 1.165) is 0 Å². The second-order valence-electron chi connectivity index (χ2n) is 10.0. The molecule has 212 valence electrons. The lowest BCUT2D eigenvalue weighted by Crippen LogP contribution is -2.43. The Labute approximate surface area is 221 Å². The van der Waals surface area contributed by atoms with Crippen LogP contribution in [0, 0.1) is 17.8 Å². The van der Waals surface area contributed by atoms with E-state index in [9.17, 15) is 19.8 Å². The Morgan fingerprint density at radius 1 is 0.946 bits per heavy atom. The Bertz CT molecular complexity index is 815. The number of benzene rings is 1. The molecular weight excluding hydrogens is 478 g/mol. The summed E-state index contributed by atoms with van der Waals surface area (Å²) < 4.78 is 21.7. The van der Waals surface area contributed by atoms with E-state index in [2.05, 4.69) is 25.5 Å². The molecule has 0 bridgehead atoms. The Morgan fingerprint density at radius 3 is 2.19 bits per heavy atom. The van der Waals surface area contributed by atoms with Crippen molar-refractivity contribution in [3.8, 4) is 11.5 Å². The number of carboxylic acid groups (broad SMARTS) is 1. The lowest BCUT2D eigenvalue weighted by molar-refractivity contribution is -0.143. The lowest BCUT2D eigenvalue weighted by Gasteiger charge is -2.33. The summed E-state index contributed by atoms with van der Waals surface area (Å²) in [6.07, 6.45) is 1.79. The first kappa shape index (κ1) is 32.7. The number of hydrogen-bond donors (Lipinski definition) is 3. The number of carboxylic acids is 1. The molecule has 0 amide bonds. The zero-order valence-corrected chi connectivity index (χ0v) is 23.3. The molecular formula is C28H47NO8. The molecule has 0 aliphatic heterocycles. The van der Waals surface area contributed by atoms with Gasteiger partial charge in [0.15, 0.2) is 11.5 Å². The van der Waals surface area contributed by atoms with Gasteiger partial charge in [-0.05, 0) is 48.8 Å². The fourth-order valence-electron chi connectivity index (χ4n) is 4.05. The average molecular weight is 526 g/mol. The van der Waals surface area contributed by atoms with Crippen molar-refractivity contribution in [1.29, 1.82) is 0 Å². The normalized spacial score (nSPS) is 15.5. The predicted octanol–water partition coefficient (Wildman–Crippen LogP) is 4.00. The number of methoxy groups -OCH3 is 2. The summed E-state index contributed by atoms with van der Waals surface area (Å²) >= 11 is 0. The van der Waals surface area contributed by atoms with Gasteiger partial charge in [-0.3, -0.25) is 9.59 Å². The number of hydrogen-bond acceptors (Lipinski definition) is 8. The maximum Gasteiger partial charge on any atom is 0.306 e. The van der Waals surface area contributed by atoms with Crippen LogP contribution in [0.3, 0.4) is 0 Å². The highest BCUT2D eigenvalue weighted by Gasteiger charge is 2.36.